The van der Waals surface area contributed by atoms with E-state index in [1.165, 1.54) is 11.8 Å². The molecule has 140 valence electrons. The number of ketones is 1. The molecule has 4 rings (SSSR count). The largest absolute Gasteiger partial charge is 0.494 e. The lowest BCUT2D eigenvalue weighted by Crippen LogP contribution is -2.02. The highest BCUT2D eigenvalue weighted by atomic mass is 32.2. The van der Waals surface area contributed by atoms with Gasteiger partial charge in [0.25, 0.3) is 0 Å². The van der Waals surface area contributed by atoms with E-state index in [2.05, 4.69) is 10.1 Å². The molecule has 0 spiro atoms. The van der Waals surface area contributed by atoms with Crippen LogP contribution in [0.5, 0.6) is 5.75 Å². The fraction of sp³-hybridized carbons (Fsp3) is 0.136. The minimum atomic E-state index is 0.0839. The van der Waals surface area contributed by atoms with E-state index in [9.17, 15) is 4.79 Å². The molecule has 6 heteroatoms. The summed E-state index contributed by atoms with van der Waals surface area (Å²) < 4.78 is 7.29. The van der Waals surface area contributed by atoms with Gasteiger partial charge in [-0.3, -0.25) is 4.79 Å². The first-order valence-electron chi connectivity index (χ1n) is 9.03. The Morgan fingerprint density at radius 2 is 1.89 bits per heavy atom. The maximum absolute atomic E-state index is 12.4. The van der Waals surface area contributed by atoms with Gasteiger partial charge < -0.3 is 4.74 Å². The fourth-order valence-corrected chi connectivity index (χ4v) is 3.75. The molecule has 0 fully saturated rings. The van der Waals surface area contributed by atoms with E-state index in [4.69, 9.17) is 4.74 Å². The van der Waals surface area contributed by atoms with Crippen molar-refractivity contribution in [3.8, 4) is 17.0 Å². The van der Waals surface area contributed by atoms with Gasteiger partial charge in [0.2, 0.25) is 0 Å². The van der Waals surface area contributed by atoms with E-state index in [0.29, 0.717) is 17.9 Å². The van der Waals surface area contributed by atoms with E-state index in [1.54, 1.807) is 10.7 Å². The number of fused-ring (bicyclic) bond motifs is 1. The average molecular weight is 389 g/mol. The van der Waals surface area contributed by atoms with Crippen molar-refractivity contribution in [2.45, 2.75) is 11.9 Å². The van der Waals surface area contributed by atoms with Crippen molar-refractivity contribution in [3.63, 3.8) is 0 Å². The second-order valence-electron chi connectivity index (χ2n) is 6.13. The number of carbonyl (C=O) groups excluding carboxylic acids is 1. The van der Waals surface area contributed by atoms with Crippen LogP contribution in [0, 0.1) is 0 Å². The van der Waals surface area contributed by atoms with Gasteiger partial charge in [-0.2, -0.15) is 5.10 Å². The van der Waals surface area contributed by atoms with Gasteiger partial charge in [-0.05, 0) is 37.3 Å². The molecule has 0 radical (unpaired) electrons. The maximum Gasteiger partial charge on any atom is 0.173 e. The summed E-state index contributed by atoms with van der Waals surface area (Å²) in [5.41, 5.74) is 3.46. The van der Waals surface area contributed by atoms with Gasteiger partial charge >= 0.3 is 0 Å². The third-order valence-electron chi connectivity index (χ3n) is 4.25. The number of benzene rings is 2. The van der Waals surface area contributed by atoms with Gasteiger partial charge in [0.15, 0.2) is 5.78 Å². The molecule has 0 N–H and O–H groups in total. The third-order valence-corrected chi connectivity index (χ3v) is 5.25. The zero-order valence-corrected chi connectivity index (χ0v) is 16.2. The van der Waals surface area contributed by atoms with E-state index >= 15 is 0 Å². The van der Waals surface area contributed by atoms with Crippen molar-refractivity contribution in [1.29, 1.82) is 0 Å². The minimum absolute atomic E-state index is 0.0839. The van der Waals surface area contributed by atoms with Crippen LogP contribution in [0.3, 0.4) is 0 Å². The summed E-state index contributed by atoms with van der Waals surface area (Å²) >= 11 is 1.43. The summed E-state index contributed by atoms with van der Waals surface area (Å²) in [5, 5.41) is 5.43. The van der Waals surface area contributed by atoms with Gasteiger partial charge in [-0.15, -0.1) is 0 Å². The van der Waals surface area contributed by atoms with E-state index in [0.717, 1.165) is 27.5 Å². The Labute approximate surface area is 167 Å². The molecule has 0 aliphatic heterocycles. The minimum Gasteiger partial charge on any atom is -0.494 e. The Morgan fingerprint density at radius 1 is 1.11 bits per heavy atom. The number of hydrogen-bond donors (Lipinski definition) is 0. The number of rotatable bonds is 7. The molecule has 5 nitrogen and oxygen atoms in total. The molecule has 4 aromatic rings. The van der Waals surface area contributed by atoms with Crippen LogP contribution < -0.4 is 4.74 Å². The van der Waals surface area contributed by atoms with E-state index < -0.39 is 0 Å². The van der Waals surface area contributed by atoms with Gasteiger partial charge in [-0.1, -0.05) is 42.1 Å². The lowest BCUT2D eigenvalue weighted by molar-refractivity contribution is 0.102. The van der Waals surface area contributed by atoms with Crippen LogP contribution >= 0.6 is 11.8 Å². The Hall–Kier alpha value is -3.12. The summed E-state index contributed by atoms with van der Waals surface area (Å²) in [7, 11) is 0. The monoisotopic (exact) mass is 389 g/mol. The highest BCUT2D eigenvalue weighted by Crippen LogP contribution is 2.27. The Bertz CT molecular complexity index is 1090. The number of carbonyl (C=O) groups is 1. The Morgan fingerprint density at radius 3 is 2.64 bits per heavy atom. The number of ether oxygens (including phenoxy) is 1. The number of nitrogens with zero attached hydrogens (tertiary/aromatic N) is 3. The lowest BCUT2D eigenvalue weighted by atomic mass is 10.1. The van der Waals surface area contributed by atoms with Crippen LogP contribution in [0.2, 0.25) is 0 Å². The molecule has 0 aliphatic carbocycles. The maximum atomic E-state index is 12.4. The highest BCUT2D eigenvalue weighted by Gasteiger charge is 2.12. The van der Waals surface area contributed by atoms with Crippen LogP contribution in [0.25, 0.3) is 16.8 Å². The zero-order valence-electron chi connectivity index (χ0n) is 15.4. The SMILES string of the molecule is CCOc1ccc(-c2cc3c(SCC(=O)c4ccccc4)nccn3n2)cc1. The smallest absolute Gasteiger partial charge is 0.173 e. The van der Waals surface area contributed by atoms with Crippen LogP contribution in [0.15, 0.2) is 78.1 Å². The van der Waals surface area contributed by atoms with Crippen molar-refractivity contribution in [1.82, 2.24) is 14.6 Å². The normalized spacial score (nSPS) is 10.9. The second-order valence-corrected chi connectivity index (χ2v) is 7.09. The molecule has 0 aliphatic rings. The van der Waals surface area contributed by atoms with Crippen molar-refractivity contribution in [2.75, 3.05) is 12.4 Å². The molecular weight excluding hydrogens is 370 g/mol. The van der Waals surface area contributed by atoms with E-state index in [-0.39, 0.29) is 5.78 Å². The third kappa shape index (κ3) is 3.92. The standard InChI is InChI=1S/C22H19N3O2S/c1-2-27-18-10-8-16(9-11-18)19-14-20-22(23-12-13-25(20)24-19)28-15-21(26)17-6-4-3-5-7-17/h3-14H,2,15H2,1H3. The number of hydrogen-bond acceptors (Lipinski definition) is 5. The number of aromatic nitrogens is 3. The molecule has 0 atom stereocenters. The van der Waals surface area contributed by atoms with Crippen LogP contribution in [-0.2, 0) is 0 Å². The first-order chi connectivity index (χ1) is 13.7. The molecule has 2 heterocycles. The molecular formula is C22H19N3O2S. The van der Waals surface area contributed by atoms with E-state index in [1.807, 2.05) is 73.8 Å². The predicted octanol–water partition coefficient (Wildman–Crippen LogP) is 4.77. The molecule has 0 bridgehead atoms. The number of thioether (sulfide) groups is 1. The summed E-state index contributed by atoms with van der Waals surface area (Å²) in [5.74, 6) is 1.26. The van der Waals surface area contributed by atoms with Crippen molar-refractivity contribution in [2.24, 2.45) is 0 Å². The van der Waals surface area contributed by atoms with Gasteiger partial charge in [-0.25, -0.2) is 9.50 Å². The van der Waals surface area contributed by atoms with Crippen LogP contribution in [0.4, 0.5) is 0 Å². The molecule has 2 aromatic carbocycles. The Balaban J connectivity index is 1.56. The zero-order chi connectivity index (χ0) is 19.3. The van der Waals surface area contributed by atoms with Crippen molar-refractivity contribution >= 4 is 23.1 Å². The quantitative estimate of drug-likeness (QED) is 0.337. The summed E-state index contributed by atoms with van der Waals surface area (Å²) in [6.07, 6.45) is 3.52. The topological polar surface area (TPSA) is 56.5 Å². The van der Waals surface area contributed by atoms with Gasteiger partial charge in [0.1, 0.15) is 10.8 Å². The van der Waals surface area contributed by atoms with Crippen LogP contribution in [0.1, 0.15) is 17.3 Å². The first kappa shape index (κ1) is 18.3. The lowest BCUT2D eigenvalue weighted by Gasteiger charge is -2.02. The summed E-state index contributed by atoms with van der Waals surface area (Å²) in [4.78, 5) is 16.8. The Kier molecular flexibility index (Phi) is 5.39. The first-order valence-corrected chi connectivity index (χ1v) is 10.0. The fourth-order valence-electron chi connectivity index (χ4n) is 2.88. The van der Waals surface area contributed by atoms with Gasteiger partial charge in [0, 0.05) is 23.5 Å². The van der Waals surface area contributed by atoms with Gasteiger partial charge in [0.05, 0.1) is 23.6 Å². The molecule has 0 saturated carbocycles. The molecule has 2 aromatic heterocycles. The summed E-state index contributed by atoms with van der Waals surface area (Å²) in [6, 6.07) is 19.2. The predicted molar refractivity (Wildman–Crippen MR) is 111 cm³/mol. The number of Topliss-reactive ketones (excluding diaryl/α,β-unsaturated/α-hetero) is 1. The van der Waals surface area contributed by atoms with Crippen molar-refractivity contribution in [3.05, 3.63) is 78.6 Å². The molecule has 0 amide bonds. The summed E-state index contributed by atoms with van der Waals surface area (Å²) in [6.45, 7) is 2.60. The second kappa shape index (κ2) is 8.27. The molecule has 0 unspecified atom stereocenters. The van der Waals surface area contributed by atoms with Crippen molar-refractivity contribution < 1.29 is 9.53 Å². The average Bonchev–Trinajstić information content (AvgIpc) is 3.18. The van der Waals surface area contributed by atoms with Crippen LogP contribution in [-0.4, -0.2) is 32.7 Å². The molecule has 28 heavy (non-hydrogen) atoms. The highest BCUT2D eigenvalue weighted by molar-refractivity contribution is 8.00. The molecule has 0 saturated heterocycles.